The Morgan fingerprint density at radius 3 is 2.44 bits per heavy atom. The molecule has 1 aromatic carbocycles. The van der Waals surface area contributed by atoms with Crippen LogP contribution < -0.4 is 4.90 Å². The monoisotopic (exact) mass is 375 g/mol. The standard InChI is InChI=1S/C20H20F3N3O/c1-15-3-2-4-16(13-15)5-8-19(27)26-11-9-25(10-12-26)18-7-6-17(14-24-18)20(21,22)23/h2-8,13-14H,9-12H2,1H3/b8-5+. The predicted octanol–water partition coefficient (Wildman–Crippen LogP) is 3.77. The Kier molecular flexibility index (Phi) is 5.48. The third-order valence-corrected chi connectivity index (χ3v) is 4.45. The van der Waals surface area contributed by atoms with E-state index in [0.29, 0.717) is 32.0 Å². The average Bonchev–Trinajstić information content (AvgIpc) is 2.66. The molecule has 1 aliphatic rings. The largest absolute Gasteiger partial charge is 0.417 e. The van der Waals surface area contributed by atoms with Gasteiger partial charge in [-0.05, 0) is 30.7 Å². The molecule has 2 heterocycles. The van der Waals surface area contributed by atoms with Gasteiger partial charge in [-0.3, -0.25) is 4.79 Å². The summed E-state index contributed by atoms with van der Waals surface area (Å²) in [5.74, 6) is 0.418. The van der Waals surface area contributed by atoms with Crippen LogP contribution in [0.1, 0.15) is 16.7 Å². The summed E-state index contributed by atoms with van der Waals surface area (Å²) in [5.41, 5.74) is 1.33. The van der Waals surface area contributed by atoms with Crippen LogP contribution in [0.5, 0.6) is 0 Å². The number of piperazine rings is 1. The zero-order valence-electron chi connectivity index (χ0n) is 14.9. The highest BCUT2D eigenvalue weighted by molar-refractivity contribution is 5.92. The number of hydrogen-bond acceptors (Lipinski definition) is 3. The van der Waals surface area contributed by atoms with E-state index in [1.54, 1.807) is 17.1 Å². The van der Waals surface area contributed by atoms with Gasteiger partial charge in [-0.1, -0.05) is 29.8 Å². The molecule has 1 fully saturated rings. The van der Waals surface area contributed by atoms with Crippen molar-refractivity contribution < 1.29 is 18.0 Å². The van der Waals surface area contributed by atoms with Crippen LogP contribution in [-0.2, 0) is 11.0 Å². The number of amides is 1. The quantitative estimate of drug-likeness (QED) is 0.767. The van der Waals surface area contributed by atoms with Gasteiger partial charge in [0, 0.05) is 38.5 Å². The molecule has 0 N–H and O–H groups in total. The molecule has 27 heavy (non-hydrogen) atoms. The molecule has 1 saturated heterocycles. The first-order valence-electron chi connectivity index (χ1n) is 8.65. The van der Waals surface area contributed by atoms with Crippen LogP contribution in [0.15, 0.2) is 48.7 Å². The lowest BCUT2D eigenvalue weighted by atomic mass is 10.1. The van der Waals surface area contributed by atoms with Gasteiger partial charge in [-0.2, -0.15) is 13.2 Å². The summed E-state index contributed by atoms with van der Waals surface area (Å²) in [7, 11) is 0. The van der Waals surface area contributed by atoms with E-state index in [0.717, 1.165) is 23.4 Å². The number of pyridine rings is 1. The number of aryl methyl sites for hydroxylation is 1. The van der Waals surface area contributed by atoms with E-state index in [9.17, 15) is 18.0 Å². The Morgan fingerprint density at radius 2 is 1.85 bits per heavy atom. The Morgan fingerprint density at radius 1 is 1.11 bits per heavy atom. The van der Waals surface area contributed by atoms with Gasteiger partial charge in [0.25, 0.3) is 0 Å². The summed E-state index contributed by atoms with van der Waals surface area (Å²) in [6.07, 6.45) is -0.197. The lowest BCUT2D eigenvalue weighted by Gasteiger charge is -2.35. The van der Waals surface area contributed by atoms with Crippen molar-refractivity contribution in [2.24, 2.45) is 0 Å². The van der Waals surface area contributed by atoms with Gasteiger partial charge in [0.2, 0.25) is 5.91 Å². The fraction of sp³-hybridized carbons (Fsp3) is 0.300. The number of alkyl halides is 3. The Hall–Kier alpha value is -2.83. The maximum Gasteiger partial charge on any atom is 0.417 e. The second-order valence-corrected chi connectivity index (χ2v) is 6.46. The number of benzene rings is 1. The van der Waals surface area contributed by atoms with Gasteiger partial charge in [-0.25, -0.2) is 4.98 Å². The number of carbonyl (C=O) groups is 1. The van der Waals surface area contributed by atoms with Crippen LogP contribution in [0.2, 0.25) is 0 Å². The van der Waals surface area contributed by atoms with Gasteiger partial charge in [-0.15, -0.1) is 0 Å². The lowest BCUT2D eigenvalue weighted by molar-refractivity contribution is -0.137. The second kappa shape index (κ2) is 7.82. The summed E-state index contributed by atoms with van der Waals surface area (Å²) in [6.45, 7) is 4.05. The van der Waals surface area contributed by atoms with Crippen molar-refractivity contribution in [3.8, 4) is 0 Å². The molecular weight excluding hydrogens is 355 g/mol. The molecule has 0 saturated carbocycles. The number of rotatable bonds is 3. The van der Waals surface area contributed by atoms with Crippen molar-refractivity contribution in [2.75, 3.05) is 31.1 Å². The minimum Gasteiger partial charge on any atom is -0.353 e. The normalized spacial score (nSPS) is 15.4. The first-order valence-corrected chi connectivity index (χ1v) is 8.65. The maximum atomic E-state index is 12.6. The summed E-state index contributed by atoms with van der Waals surface area (Å²) in [6, 6.07) is 10.3. The number of halogens is 3. The second-order valence-electron chi connectivity index (χ2n) is 6.46. The van der Waals surface area contributed by atoms with E-state index in [1.807, 2.05) is 36.1 Å². The van der Waals surface area contributed by atoms with Gasteiger partial charge < -0.3 is 9.80 Å². The van der Waals surface area contributed by atoms with Gasteiger partial charge >= 0.3 is 6.18 Å². The van der Waals surface area contributed by atoms with Crippen molar-refractivity contribution in [1.82, 2.24) is 9.88 Å². The molecule has 3 rings (SSSR count). The molecule has 2 aromatic rings. The van der Waals surface area contributed by atoms with Crippen molar-refractivity contribution in [1.29, 1.82) is 0 Å². The fourth-order valence-corrected chi connectivity index (χ4v) is 2.94. The van der Waals surface area contributed by atoms with Crippen LogP contribution in [0.25, 0.3) is 6.08 Å². The minimum absolute atomic E-state index is 0.0727. The summed E-state index contributed by atoms with van der Waals surface area (Å²) in [5, 5.41) is 0. The van der Waals surface area contributed by atoms with Crippen LogP contribution in [0.3, 0.4) is 0 Å². The molecule has 0 atom stereocenters. The van der Waals surface area contributed by atoms with Crippen LogP contribution in [0, 0.1) is 6.92 Å². The molecule has 1 aromatic heterocycles. The molecule has 4 nitrogen and oxygen atoms in total. The Bertz CT molecular complexity index is 823. The highest BCUT2D eigenvalue weighted by atomic mass is 19.4. The van der Waals surface area contributed by atoms with Crippen molar-refractivity contribution >= 4 is 17.8 Å². The molecule has 7 heteroatoms. The van der Waals surface area contributed by atoms with Crippen LogP contribution in [-0.4, -0.2) is 42.0 Å². The molecule has 0 radical (unpaired) electrons. The van der Waals surface area contributed by atoms with E-state index in [-0.39, 0.29) is 5.91 Å². The molecule has 0 bridgehead atoms. The summed E-state index contributed by atoms with van der Waals surface area (Å²) < 4.78 is 37.8. The van der Waals surface area contributed by atoms with E-state index in [1.165, 1.54) is 6.07 Å². The summed E-state index contributed by atoms with van der Waals surface area (Å²) >= 11 is 0. The molecule has 0 spiro atoms. The van der Waals surface area contributed by atoms with Gasteiger partial charge in [0.05, 0.1) is 5.56 Å². The van der Waals surface area contributed by atoms with E-state index < -0.39 is 11.7 Å². The molecule has 0 aliphatic carbocycles. The van der Waals surface area contributed by atoms with E-state index in [2.05, 4.69) is 4.98 Å². The molecule has 1 amide bonds. The van der Waals surface area contributed by atoms with Crippen molar-refractivity contribution in [2.45, 2.75) is 13.1 Å². The number of anilines is 1. The number of hydrogen-bond donors (Lipinski definition) is 0. The number of aromatic nitrogens is 1. The third kappa shape index (κ3) is 4.87. The highest BCUT2D eigenvalue weighted by Crippen LogP contribution is 2.29. The predicted molar refractivity (Wildman–Crippen MR) is 98.2 cm³/mol. The van der Waals surface area contributed by atoms with Crippen molar-refractivity contribution in [3.05, 3.63) is 65.4 Å². The average molecular weight is 375 g/mol. The Labute approximate surface area is 155 Å². The van der Waals surface area contributed by atoms with Crippen molar-refractivity contribution in [3.63, 3.8) is 0 Å². The van der Waals surface area contributed by atoms with Crippen LogP contribution >= 0.6 is 0 Å². The SMILES string of the molecule is Cc1cccc(/C=C/C(=O)N2CCN(c3ccc(C(F)(F)F)cn3)CC2)c1. The molecule has 1 aliphatic heterocycles. The van der Waals surface area contributed by atoms with Gasteiger partial charge in [0.15, 0.2) is 0 Å². The molecule has 0 unspecified atom stereocenters. The first-order chi connectivity index (χ1) is 12.8. The first kappa shape index (κ1) is 18.9. The molecular formula is C20H20F3N3O. The topological polar surface area (TPSA) is 36.4 Å². The third-order valence-electron chi connectivity index (χ3n) is 4.45. The fourth-order valence-electron chi connectivity index (χ4n) is 2.94. The lowest BCUT2D eigenvalue weighted by Crippen LogP contribution is -2.48. The smallest absolute Gasteiger partial charge is 0.353 e. The molecule has 142 valence electrons. The number of carbonyl (C=O) groups excluding carboxylic acids is 1. The van der Waals surface area contributed by atoms with E-state index in [4.69, 9.17) is 0 Å². The van der Waals surface area contributed by atoms with Crippen LogP contribution in [0.4, 0.5) is 19.0 Å². The highest BCUT2D eigenvalue weighted by Gasteiger charge is 2.31. The Balaban J connectivity index is 1.56. The van der Waals surface area contributed by atoms with Gasteiger partial charge in [0.1, 0.15) is 5.82 Å². The zero-order chi connectivity index (χ0) is 19.4. The number of nitrogens with zero attached hydrogens (tertiary/aromatic N) is 3. The maximum absolute atomic E-state index is 12.6. The van der Waals surface area contributed by atoms with E-state index >= 15 is 0 Å². The summed E-state index contributed by atoms with van der Waals surface area (Å²) in [4.78, 5) is 19.9. The zero-order valence-corrected chi connectivity index (χ0v) is 14.9. The minimum atomic E-state index is -4.39.